The normalized spacial score (nSPS) is 11.2. The minimum absolute atomic E-state index is 0.0632. The quantitative estimate of drug-likeness (QED) is 0.729. The Bertz CT molecular complexity index is 781. The summed E-state index contributed by atoms with van der Waals surface area (Å²) in [7, 11) is 0. The maximum atomic E-state index is 10.2. The fraction of sp³-hybridized carbons (Fsp3) is 0.167. The Labute approximate surface area is 123 Å². The standard InChI is InChI=1S/C18H17NO2/c1-11(2)18-16(20)9-12(10-17(18)21)13-5-3-7-15-14(13)6-4-8-19-15/h3-11,20-21H,1-2H3. The molecule has 3 heteroatoms. The summed E-state index contributed by atoms with van der Waals surface area (Å²) in [6, 6.07) is 13.1. The van der Waals surface area contributed by atoms with E-state index in [0.717, 1.165) is 22.0 Å². The van der Waals surface area contributed by atoms with Crippen molar-refractivity contribution in [2.24, 2.45) is 0 Å². The van der Waals surface area contributed by atoms with Gasteiger partial charge in [0.1, 0.15) is 11.5 Å². The summed E-state index contributed by atoms with van der Waals surface area (Å²) in [4.78, 5) is 4.33. The maximum Gasteiger partial charge on any atom is 0.123 e. The highest BCUT2D eigenvalue weighted by Crippen LogP contribution is 2.39. The molecule has 0 aliphatic rings. The fourth-order valence-electron chi connectivity index (χ4n) is 2.73. The zero-order chi connectivity index (χ0) is 15.0. The van der Waals surface area contributed by atoms with E-state index in [4.69, 9.17) is 0 Å². The first-order valence-corrected chi connectivity index (χ1v) is 6.98. The van der Waals surface area contributed by atoms with Crippen LogP contribution in [0.15, 0.2) is 48.7 Å². The van der Waals surface area contributed by atoms with E-state index in [-0.39, 0.29) is 17.4 Å². The summed E-state index contributed by atoms with van der Waals surface area (Å²) in [5.74, 6) is 0.315. The fourth-order valence-corrected chi connectivity index (χ4v) is 2.73. The molecule has 1 heterocycles. The van der Waals surface area contributed by atoms with Gasteiger partial charge in [0, 0.05) is 17.1 Å². The summed E-state index contributed by atoms with van der Waals surface area (Å²) in [6.07, 6.45) is 1.75. The van der Waals surface area contributed by atoms with Crippen LogP contribution >= 0.6 is 0 Å². The minimum atomic E-state index is 0.0632. The molecule has 0 aliphatic carbocycles. The molecule has 2 N–H and O–H groups in total. The molecule has 2 aromatic carbocycles. The lowest BCUT2D eigenvalue weighted by Crippen LogP contribution is -1.91. The Balaban J connectivity index is 2.24. The van der Waals surface area contributed by atoms with E-state index in [2.05, 4.69) is 4.98 Å². The average molecular weight is 279 g/mol. The smallest absolute Gasteiger partial charge is 0.123 e. The van der Waals surface area contributed by atoms with E-state index in [1.54, 1.807) is 18.3 Å². The van der Waals surface area contributed by atoms with Crippen LogP contribution in [-0.2, 0) is 0 Å². The third kappa shape index (κ3) is 2.31. The van der Waals surface area contributed by atoms with Gasteiger partial charge in [0.25, 0.3) is 0 Å². The second-order valence-corrected chi connectivity index (χ2v) is 5.46. The van der Waals surface area contributed by atoms with E-state index in [1.807, 2.05) is 44.2 Å². The van der Waals surface area contributed by atoms with E-state index in [9.17, 15) is 10.2 Å². The molecular formula is C18H17NO2. The Morgan fingerprint density at radius 2 is 1.67 bits per heavy atom. The van der Waals surface area contributed by atoms with Gasteiger partial charge in [0.15, 0.2) is 0 Å². The first-order valence-electron chi connectivity index (χ1n) is 6.98. The van der Waals surface area contributed by atoms with Crippen molar-refractivity contribution in [3.8, 4) is 22.6 Å². The Hall–Kier alpha value is -2.55. The first kappa shape index (κ1) is 13.4. The highest BCUT2D eigenvalue weighted by atomic mass is 16.3. The van der Waals surface area contributed by atoms with Crippen molar-refractivity contribution in [3.63, 3.8) is 0 Å². The van der Waals surface area contributed by atoms with Crippen LogP contribution in [0.5, 0.6) is 11.5 Å². The van der Waals surface area contributed by atoms with Crippen molar-refractivity contribution in [3.05, 3.63) is 54.2 Å². The number of aromatic nitrogens is 1. The van der Waals surface area contributed by atoms with Crippen LogP contribution in [0.25, 0.3) is 22.0 Å². The first-order chi connectivity index (χ1) is 10.1. The number of fused-ring (bicyclic) bond motifs is 1. The van der Waals surface area contributed by atoms with Gasteiger partial charge in [-0.25, -0.2) is 0 Å². The number of hydrogen-bond acceptors (Lipinski definition) is 3. The van der Waals surface area contributed by atoms with E-state index >= 15 is 0 Å². The van der Waals surface area contributed by atoms with Gasteiger partial charge in [0.05, 0.1) is 5.52 Å². The molecule has 0 bridgehead atoms. The number of hydrogen-bond donors (Lipinski definition) is 2. The molecule has 3 rings (SSSR count). The minimum Gasteiger partial charge on any atom is -0.507 e. The molecule has 0 saturated carbocycles. The highest BCUT2D eigenvalue weighted by molar-refractivity contribution is 5.95. The maximum absolute atomic E-state index is 10.2. The topological polar surface area (TPSA) is 53.4 Å². The van der Waals surface area contributed by atoms with Gasteiger partial charge in [-0.2, -0.15) is 0 Å². The van der Waals surface area contributed by atoms with Crippen molar-refractivity contribution in [2.75, 3.05) is 0 Å². The second-order valence-electron chi connectivity index (χ2n) is 5.46. The number of benzene rings is 2. The number of rotatable bonds is 2. The second kappa shape index (κ2) is 5.09. The summed E-state index contributed by atoms with van der Waals surface area (Å²) < 4.78 is 0. The Morgan fingerprint density at radius 3 is 2.33 bits per heavy atom. The molecule has 0 atom stereocenters. The number of phenolic OH excluding ortho intramolecular Hbond substituents is 2. The van der Waals surface area contributed by atoms with Gasteiger partial charge >= 0.3 is 0 Å². The van der Waals surface area contributed by atoms with Gasteiger partial charge in [-0.3, -0.25) is 4.98 Å². The highest BCUT2D eigenvalue weighted by Gasteiger charge is 2.15. The SMILES string of the molecule is CC(C)c1c(O)cc(-c2cccc3ncccc23)cc1O. The molecule has 21 heavy (non-hydrogen) atoms. The predicted molar refractivity (Wildman–Crippen MR) is 84.6 cm³/mol. The van der Waals surface area contributed by atoms with Gasteiger partial charge in [-0.1, -0.05) is 32.0 Å². The third-order valence-electron chi connectivity index (χ3n) is 3.67. The van der Waals surface area contributed by atoms with Crippen LogP contribution in [-0.4, -0.2) is 15.2 Å². The number of nitrogens with zero attached hydrogens (tertiary/aromatic N) is 1. The molecule has 0 saturated heterocycles. The summed E-state index contributed by atoms with van der Waals surface area (Å²) >= 11 is 0. The van der Waals surface area contributed by atoms with Crippen LogP contribution in [0.2, 0.25) is 0 Å². The summed E-state index contributed by atoms with van der Waals surface area (Å²) in [5.41, 5.74) is 3.20. The molecule has 0 amide bonds. The zero-order valence-electron chi connectivity index (χ0n) is 12.0. The predicted octanol–water partition coefficient (Wildman–Crippen LogP) is 4.44. The van der Waals surface area contributed by atoms with Crippen LogP contribution < -0.4 is 0 Å². The molecule has 0 radical (unpaired) electrons. The van der Waals surface area contributed by atoms with Crippen molar-refractivity contribution in [2.45, 2.75) is 19.8 Å². The van der Waals surface area contributed by atoms with Gasteiger partial charge < -0.3 is 10.2 Å². The van der Waals surface area contributed by atoms with Crippen LogP contribution in [0.1, 0.15) is 25.3 Å². The van der Waals surface area contributed by atoms with Gasteiger partial charge in [0.2, 0.25) is 0 Å². The molecule has 0 unspecified atom stereocenters. The molecular weight excluding hydrogens is 262 g/mol. The van der Waals surface area contributed by atoms with E-state index < -0.39 is 0 Å². The largest absolute Gasteiger partial charge is 0.507 e. The number of phenols is 2. The third-order valence-corrected chi connectivity index (χ3v) is 3.67. The van der Waals surface area contributed by atoms with Gasteiger partial charge in [-0.15, -0.1) is 0 Å². The van der Waals surface area contributed by atoms with Crippen molar-refractivity contribution >= 4 is 10.9 Å². The molecule has 3 aromatic rings. The monoisotopic (exact) mass is 279 g/mol. The number of aromatic hydroxyl groups is 2. The van der Waals surface area contributed by atoms with Crippen LogP contribution in [0.4, 0.5) is 0 Å². The van der Waals surface area contributed by atoms with E-state index in [0.29, 0.717) is 5.56 Å². The summed E-state index contributed by atoms with van der Waals surface area (Å²) in [5, 5.41) is 21.4. The Kier molecular flexibility index (Phi) is 3.26. The van der Waals surface area contributed by atoms with Gasteiger partial charge in [-0.05, 0) is 41.3 Å². The molecule has 106 valence electrons. The van der Waals surface area contributed by atoms with E-state index in [1.165, 1.54) is 0 Å². The van der Waals surface area contributed by atoms with Crippen molar-refractivity contribution < 1.29 is 10.2 Å². The van der Waals surface area contributed by atoms with Crippen molar-refractivity contribution in [1.82, 2.24) is 4.98 Å². The lowest BCUT2D eigenvalue weighted by atomic mass is 9.94. The Morgan fingerprint density at radius 1 is 0.952 bits per heavy atom. The molecule has 1 aromatic heterocycles. The molecule has 0 fully saturated rings. The molecule has 3 nitrogen and oxygen atoms in total. The average Bonchev–Trinajstić information content (AvgIpc) is 2.45. The summed E-state index contributed by atoms with van der Waals surface area (Å²) in [6.45, 7) is 3.88. The molecule has 0 aliphatic heterocycles. The lowest BCUT2D eigenvalue weighted by Gasteiger charge is -2.14. The lowest BCUT2D eigenvalue weighted by molar-refractivity contribution is 0.434. The van der Waals surface area contributed by atoms with Crippen molar-refractivity contribution in [1.29, 1.82) is 0 Å². The number of pyridine rings is 1. The molecule has 0 spiro atoms. The van der Waals surface area contributed by atoms with Crippen LogP contribution in [0, 0.1) is 0 Å². The zero-order valence-corrected chi connectivity index (χ0v) is 12.0. The van der Waals surface area contributed by atoms with Crippen LogP contribution in [0.3, 0.4) is 0 Å².